The maximum Gasteiger partial charge on any atom is 0.282 e. The molecular formula is C20H15FN4O. The van der Waals surface area contributed by atoms with Gasteiger partial charge in [0.1, 0.15) is 5.69 Å². The van der Waals surface area contributed by atoms with Crippen LogP contribution in [-0.4, -0.2) is 38.7 Å². The lowest BCUT2D eigenvalue weighted by atomic mass is 10.1. The van der Waals surface area contributed by atoms with E-state index in [1.807, 2.05) is 42.5 Å². The van der Waals surface area contributed by atoms with Gasteiger partial charge in [-0.1, -0.05) is 30.7 Å². The van der Waals surface area contributed by atoms with Crippen molar-refractivity contribution >= 4 is 16.9 Å². The Morgan fingerprint density at radius 3 is 2.65 bits per heavy atom. The molecule has 128 valence electrons. The first-order valence-corrected chi connectivity index (χ1v) is 8.17. The number of nitrogens with zero attached hydrogens (tertiary/aromatic N) is 4. The summed E-state index contributed by atoms with van der Waals surface area (Å²) >= 11 is 0. The van der Waals surface area contributed by atoms with Crippen LogP contribution in [0.2, 0.25) is 0 Å². The third kappa shape index (κ3) is 2.84. The molecule has 5 nitrogen and oxygen atoms in total. The molecule has 1 aliphatic heterocycles. The minimum absolute atomic E-state index is 0.0528. The lowest BCUT2D eigenvalue weighted by Gasteiger charge is -2.38. The average molecular weight is 346 g/mol. The van der Waals surface area contributed by atoms with Crippen molar-refractivity contribution in [2.45, 2.75) is 6.04 Å². The minimum atomic E-state index is -0.943. The summed E-state index contributed by atoms with van der Waals surface area (Å²) in [5.74, 6) is 4.59. The zero-order valence-corrected chi connectivity index (χ0v) is 13.9. The van der Waals surface area contributed by atoms with Crippen LogP contribution in [0.25, 0.3) is 11.0 Å². The highest BCUT2D eigenvalue weighted by Crippen LogP contribution is 2.27. The zero-order chi connectivity index (χ0) is 18.1. The Kier molecular flexibility index (Phi) is 3.98. The number of benzene rings is 1. The van der Waals surface area contributed by atoms with Crippen LogP contribution in [0, 0.1) is 11.8 Å². The molecule has 6 heteroatoms. The Balaban J connectivity index is 1.65. The first kappa shape index (κ1) is 16.0. The molecule has 1 aromatic carbocycles. The smallest absolute Gasteiger partial charge is 0.282 e. The Hall–Kier alpha value is -3.46. The van der Waals surface area contributed by atoms with Gasteiger partial charge in [-0.15, -0.1) is 0 Å². The first-order valence-electron chi connectivity index (χ1n) is 8.17. The summed E-state index contributed by atoms with van der Waals surface area (Å²) in [5, 5.41) is 5.45. The summed E-state index contributed by atoms with van der Waals surface area (Å²) in [5.41, 5.74) is 2.25. The summed E-state index contributed by atoms with van der Waals surface area (Å²) in [4.78, 5) is 17.4. The van der Waals surface area contributed by atoms with Gasteiger partial charge < -0.3 is 4.90 Å². The fraction of sp³-hybridized carbons (Fsp3) is 0.150. The number of aromatic nitrogens is 3. The molecule has 0 aliphatic carbocycles. The standard InChI is InChI=1S/C20H15FN4O/c1-14(21)20(26)24-12-16(13-24)25-19-17(8-5-11-22-19)18(23-25)10-9-15-6-3-2-4-7-15/h2-8,11,16H,1,12-13H2. The molecule has 0 radical (unpaired) electrons. The summed E-state index contributed by atoms with van der Waals surface area (Å²) in [6.45, 7) is 3.80. The van der Waals surface area contributed by atoms with Gasteiger partial charge in [0.2, 0.25) is 0 Å². The number of hydrogen-bond acceptors (Lipinski definition) is 3. The molecule has 0 spiro atoms. The predicted octanol–water partition coefficient (Wildman–Crippen LogP) is 2.70. The number of amides is 1. The van der Waals surface area contributed by atoms with Crippen molar-refractivity contribution < 1.29 is 9.18 Å². The van der Waals surface area contributed by atoms with Crippen LogP contribution >= 0.6 is 0 Å². The van der Waals surface area contributed by atoms with Crippen LogP contribution in [-0.2, 0) is 4.79 Å². The van der Waals surface area contributed by atoms with Crippen LogP contribution in [0.5, 0.6) is 0 Å². The quantitative estimate of drug-likeness (QED) is 0.530. The van der Waals surface area contributed by atoms with Crippen molar-refractivity contribution in [1.82, 2.24) is 19.7 Å². The van der Waals surface area contributed by atoms with E-state index in [-0.39, 0.29) is 6.04 Å². The second-order valence-corrected chi connectivity index (χ2v) is 6.05. The van der Waals surface area contributed by atoms with Crippen LogP contribution in [0.1, 0.15) is 17.3 Å². The summed E-state index contributed by atoms with van der Waals surface area (Å²) in [6.07, 6.45) is 1.69. The molecule has 0 saturated carbocycles. The van der Waals surface area contributed by atoms with Crippen molar-refractivity contribution in [2.75, 3.05) is 13.1 Å². The van der Waals surface area contributed by atoms with Crippen LogP contribution in [0.4, 0.5) is 4.39 Å². The molecule has 4 rings (SSSR count). The Morgan fingerprint density at radius 1 is 1.15 bits per heavy atom. The molecule has 0 N–H and O–H groups in total. The number of carbonyl (C=O) groups is 1. The second kappa shape index (κ2) is 6.45. The van der Waals surface area contributed by atoms with Gasteiger partial charge in [-0.3, -0.25) is 4.79 Å². The highest BCUT2D eigenvalue weighted by Gasteiger charge is 2.35. The van der Waals surface area contributed by atoms with Gasteiger partial charge in [-0.2, -0.15) is 5.10 Å². The molecule has 3 aromatic rings. The van der Waals surface area contributed by atoms with E-state index in [9.17, 15) is 9.18 Å². The molecule has 1 saturated heterocycles. The van der Waals surface area contributed by atoms with Gasteiger partial charge in [-0.05, 0) is 30.2 Å². The van der Waals surface area contributed by atoms with Crippen molar-refractivity contribution in [2.24, 2.45) is 0 Å². The zero-order valence-electron chi connectivity index (χ0n) is 13.9. The van der Waals surface area contributed by atoms with Crippen LogP contribution < -0.4 is 0 Å². The highest BCUT2D eigenvalue weighted by atomic mass is 19.1. The number of halogens is 1. The van der Waals surface area contributed by atoms with Gasteiger partial charge in [0.25, 0.3) is 5.91 Å². The van der Waals surface area contributed by atoms with Crippen LogP contribution in [0.15, 0.2) is 61.1 Å². The van der Waals surface area contributed by atoms with E-state index in [1.54, 1.807) is 10.9 Å². The monoisotopic (exact) mass is 346 g/mol. The summed E-state index contributed by atoms with van der Waals surface area (Å²) < 4.78 is 14.7. The lowest BCUT2D eigenvalue weighted by Crippen LogP contribution is -2.51. The molecule has 2 aromatic heterocycles. The van der Waals surface area contributed by atoms with E-state index >= 15 is 0 Å². The van der Waals surface area contributed by atoms with E-state index in [0.29, 0.717) is 24.4 Å². The number of hydrogen-bond donors (Lipinski definition) is 0. The van der Waals surface area contributed by atoms with Crippen molar-refractivity contribution in [3.05, 3.63) is 72.3 Å². The van der Waals surface area contributed by atoms with Crippen LogP contribution in [0.3, 0.4) is 0 Å². The number of pyridine rings is 1. The topological polar surface area (TPSA) is 51.0 Å². The number of fused-ring (bicyclic) bond motifs is 1. The lowest BCUT2D eigenvalue weighted by molar-refractivity contribution is -0.134. The van der Waals surface area contributed by atoms with Gasteiger partial charge >= 0.3 is 0 Å². The second-order valence-electron chi connectivity index (χ2n) is 6.05. The Morgan fingerprint density at radius 2 is 1.92 bits per heavy atom. The number of carbonyl (C=O) groups excluding carboxylic acids is 1. The Labute approximate surface area is 149 Å². The van der Waals surface area contributed by atoms with Gasteiger partial charge in [0.05, 0.1) is 11.4 Å². The molecule has 1 aliphatic rings. The SMILES string of the molecule is C=C(F)C(=O)N1CC(n2nc(C#Cc3ccccc3)c3cccnc32)C1. The normalized spacial score (nSPS) is 13.8. The molecule has 26 heavy (non-hydrogen) atoms. The van der Waals surface area contributed by atoms with E-state index < -0.39 is 11.7 Å². The van der Waals surface area contributed by atoms with Crippen molar-refractivity contribution in [1.29, 1.82) is 0 Å². The summed E-state index contributed by atoms with van der Waals surface area (Å²) in [6, 6.07) is 13.4. The molecular weight excluding hydrogens is 331 g/mol. The molecule has 0 atom stereocenters. The van der Waals surface area contributed by atoms with Gasteiger partial charge in [-0.25, -0.2) is 14.1 Å². The number of likely N-dealkylation sites (tertiary alicyclic amines) is 1. The largest absolute Gasteiger partial charge is 0.332 e. The molecule has 0 unspecified atom stereocenters. The third-order valence-corrected chi connectivity index (χ3v) is 4.29. The maximum absolute atomic E-state index is 13.0. The molecule has 1 fully saturated rings. The first-order chi connectivity index (χ1) is 12.6. The maximum atomic E-state index is 13.0. The van der Waals surface area contributed by atoms with E-state index in [0.717, 1.165) is 10.9 Å². The molecule has 0 bridgehead atoms. The predicted molar refractivity (Wildman–Crippen MR) is 95.8 cm³/mol. The van der Waals surface area contributed by atoms with Crippen molar-refractivity contribution in [3.8, 4) is 11.8 Å². The third-order valence-electron chi connectivity index (χ3n) is 4.29. The van der Waals surface area contributed by atoms with E-state index in [2.05, 4.69) is 28.5 Å². The van der Waals surface area contributed by atoms with E-state index in [1.165, 1.54) is 4.90 Å². The fourth-order valence-electron chi connectivity index (χ4n) is 2.92. The Bertz CT molecular complexity index is 1060. The fourth-order valence-corrected chi connectivity index (χ4v) is 2.92. The summed E-state index contributed by atoms with van der Waals surface area (Å²) in [7, 11) is 0. The average Bonchev–Trinajstić information content (AvgIpc) is 2.98. The minimum Gasteiger partial charge on any atom is -0.332 e. The van der Waals surface area contributed by atoms with Gasteiger partial charge in [0, 0.05) is 24.8 Å². The highest BCUT2D eigenvalue weighted by molar-refractivity contribution is 5.91. The molecule has 3 heterocycles. The molecule has 1 amide bonds. The van der Waals surface area contributed by atoms with E-state index in [4.69, 9.17) is 0 Å². The van der Waals surface area contributed by atoms with Crippen molar-refractivity contribution in [3.63, 3.8) is 0 Å². The van der Waals surface area contributed by atoms with Gasteiger partial charge in [0.15, 0.2) is 11.5 Å². The number of rotatable bonds is 2.